The quantitative estimate of drug-likeness (QED) is 0.296. The van der Waals surface area contributed by atoms with Crippen LogP contribution in [0.4, 0.5) is 4.39 Å². The van der Waals surface area contributed by atoms with Gasteiger partial charge in [-0.05, 0) is 56.2 Å². The van der Waals surface area contributed by atoms with E-state index in [0.717, 1.165) is 12.8 Å². The van der Waals surface area contributed by atoms with Crippen molar-refractivity contribution < 1.29 is 39.2 Å². The van der Waals surface area contributed by atoms with E-state index in [-0.39, 0.29) is 47.1 Å². The molecule has 3 aliphatic carbocycles. The second kappa shape index (κ2) is 9.67. The molecule has 11 heteroatoms. The van der Waals surface area contributed by atoms with Crippen LogP contribution in [0, 0.1) is 23.1 Å². The molecule has 40 heavy (non-hydrogen) atoms. The first-order valence-corrected chi connectivity index (χ1v) is 13.6. The lowest BCUT2D eigenvalue weighted by Crippen LogP contribution is -2.64. The smallest absolute Gasteiger partial charge is 0.255 e. The number of Topliss-reactive ketones (excluding diaryl/α,β-unsaturated/α-hetero) is 2. The van der Waals surface area contributed by atoms with Gasteiger partial charge in [-0.25, -0.2) is 4.39 Å². The Bertz CT molecular complexity index is 1370. The average Bonchev–Trinajstić information content (AvgIpc) is 3.37. The molecule has 0 bridgehead atoms. The van der Waals surface area contributed by atoms with Gasteiger partial charge >= 0.3 is 0 Å². The maximum atomic E-state index is 15.8. The van der Waals surface area contributed by atoms with E-state index >= 15 is 4.39 Å². The number of nitrogens with two attached hydrogens (primary N) is 1. The normalized spacial score (nSPS) is 29.0. The predicted octanol–water partition coefficient (Wildman–Crippen LogP) is 1.93. The van der Waals surface area contributed by atoms with Crippen molar-refractivity contribution in [3.8, 4) is 5.75 Å². The molecule has 1 aromatic rings. The number of aliphatic hydroxyl groups excluding tert-OH is 2. The first kappa shape index (κ1) is 28.3. The zero-order valence-electron chi connectivity index (χ0n) is 22.9. The van der Waals surface area contributed by atoms with Crippen molar-refractivity contribution in [2.24, 2.45) is 23.0 Å². The number of benzene rings is 1. The number of halogens is 1. The minimum absolute atomic E-state index is 0.00185. The van der Waals surface area contributed by atoms with Crippen molar-refractivity contribution in [2.45, 2.75) is 64.6 Å². The first-order valence-electron chi connectivity index (χ1n) is 13.6. The van der Waals surface area contributed by atoms with Crippen LogP contribution in [0.2, 0.25) is 0 Å². The van der Waals surface area contributed by atoms with Gasteiger partial charge in [0, 0.05) is 35.7 Å². The van der Waals surface area contributed by atoms with Crippen LogP contribution in [-0.4, -0.2) is 74.1 Å². The molecule has 1 heterocycles. The number of phenolic OH excluding ortho intramolecular Hbond substituents is 1. The second-order valence-corrected chi connectivity index (χ2v) is 12.6. The molecular weight excluding hydrogens is 521 g/mol. The summed E-state index contributed by atoms with van der Waals surface area (Å²) in [6.45, 7) is 7.80. The van der Waals surface area contributed by atoms with Crippen LogP contribution in [0.5, 0.6) is 5.75 Å². The monoisotopic (exact) mass is 557 g/mol. The molecule has 0 spiro atoms. The molecule has 1 fully saturated rings. The SMILES string of the molecule is CC(C)(C)CNCc1cc(O)c2c(c1F)C[C@H]1C[C@H]3[C@H](N4CCCC4)C(O)=C(C(N)=O)C(=O)[C@@]3(O)C(O)=C1C2=O. The maximum absolute atomic E-state index is 15.8. The van der Waals surface area contributed by atoms with Crippen LogP contribution in [-0.2, 0) is 22.6 Å². The van der Waals surface area contributed by atoms with Gasteiger partial charge in [-0.2, -0.15) is 0 Å². The third-order valence-corrected chi connectivity index (χ3v) is 8.68. The van der Waals surface area contributed by atoms with Crippen LogP contribution in [0.25, 0.3) is 0 Å². The highest BCUT2D eigenvalue weighted by Gasteiger charge is 2.63. The van der Waals surface area contributed by atoms with E-state index in [1.807, 2.05) is 25.7 Å². The summed E-state index contributed by atoms with van der Waals surface area (Å²) in [5.41, 5.74) is 1.39. The molecular formula is C29H36FN3O7. The third kappa shape index (κ3) is 4.22. The Kier molecular flexibility index (Phi) is 6.83. The summed E-state index contributed by atoms with van der Waals surface area (Å²) < 4.78 is 15.8. The molecule has 10 nitrogen and oxygen atoms in total. The number of phenols is 1. The van der Waals surface area contributed by atoms with E-state index in [4.69, 9.17) is 5.73 Å². The number of hydrogen-bond acceptors (Lipinski definition) is 9. The summed E-state index contributed by atoms with van der Waals surface area (Å²) in [6.07, 6.45) is 1.44. The maximum Gasteiger partial charge on any atom is 0.255 e. The number of hydrogen-bond donors (Lipinski definition) is 6. The molecule has 7 N–H and O–H groups in total. The molecule has 4 aliphatic rings. The number of carbonyl (C=O) groups excluding carboxylic acids is 3. The van der Waals surface area contributed by atoms with Gasteiger partial charge in [0.05, 0.1) is 11.6 Å². The number of nitrogens with zero attached hydrogens (tertiary/aromatic N) is 1. The molecule has 1 aromatic carbocycles. The number of aliphatic hydroxyl groups is 3. The Balaban J connectivity index is 1.60. The van der Waals surface area contributed by atoms with Crippen molar-refractivity contribution in [1.29, 1.82) is 0 Å². The van der Waals surface area contributed by atoms with Gasteiger partial charge in [-0.1, -0.05) is 20.8 Å². The van der Waals surface area contributed by atoms with Crippen LogP contribution in [0.1, 0.15) is 61.5 Å². The summed E-state index contributed by atoms with van der Waals surface area (Å²) >= 11 is 0. The molecule has 216 valence electrons. The van der Waals surface area contributed by atoms with Crippen molar-refractivity contribution in [3.63, 3.8) is 0 Å². The fraction of sp³-hybridized carbons (Fsp3) is 0.552. The highest BCUT2D eigenvalue weighted by atomic mass is 19.1. The number of allylic oxidation sites excluding steroid dienone is 1. The highest BCUT2D eigenvalue weighted by Crippen LogP contribution is 2.53. The standard InChI is InChI=1S/C29H36FN3O7/c1-28(2,3)12-32-11-14-10-17(34)19-15(21(14)30)8-13-9-16-22(33-6-4-5-7-33)24(36)20(27(31)39)26(38)29(16,40)25(37)18(13)23(19)35/h10,13,16,22,32,34,36-37,40H,4-9,11-12H2,1-3H3,(H2,31,39)/t13-,16-,22-,29-/m0/s1. The number of rotatable bonds is 5. The summed E-state index contributed by atoms with van der Waals surface area (Å²) in [5, 5.41) is 48.2. The van der Waals surface area contributed by atoms with E-state index < -0.39 is 69.6 Å². The second-order valence-electron chi connectivity index (χ2n) is 12.6. The average molecular weight is 558 g/mol. The van der Waals surface area contributed by atoms with E-state index in [2.05, 4.69) is 5.32 Å². The van der Waals surface area contributed by atoms with Crippen molar-refractivity contribution in [3.05, 3.63) is 51.2 Å². The van der Waals surface area contributed by atoms with Crippen molar-refractivity contribution in [1.82, 2.24) is 10.2 Å². The Morgan fingerprint density at radius 3 is 2.45 bits per heavy atom. The minimum Gasteiger partial charge on any atom is -0.510 e. The number of amides is 1. The Morgan fingerprint density at radius 1 is 1.20 bits per heavy atom. The predicted molar refractivity (Wildman–Crippen MR) is 142 cm³/mol. The third-order valence-electron chi connectivity index (χ3n) is 8.68. The summed E-state index contributed by atoms with van der Waals surface area (Å²) in [5.74, 6) is -7.99. The van der Waals surface area contributed by atoms with Gasteiger partial charge in [0.1, 0.15) is 28.7 Å². The highest BCUT2D eigenvalue weighted by molar-refractivity contribution is 6.24. The first-order chi connectivity index (χ1) is 18.7. The number of carbonyl (C=O) groups is 3. The van der Waals surface area contributed by atoms with Crippen LogP contribution in [0.15, 0.2) is 28.7 Å². The van der Waals surface area contributed by atoms with E-state index in [9.17, 15) is 34.8 Å². The minimum atomic E-state index is -2.70. The van der Waals surface area contributed by atoms with Crippen LogP contribution >= 0.6 is 0 Å². The molecule has 1 aliphatic heterocycles. The Labute approximate surface area is 231 Å². The number of nitrogens with one attached hydrogen (secondary N) is 1. The fourth-order valence-electron chi connectivity index (χ4n) is 6.90. The topological polar surface area (TPSA) is 173 Å². The zero-order valence-corrected chi connectivity index (χ0v) is 22.9. The lowest BCUT2D eigenvalue weighted by atomic mass is 9.58. The Hall–Kier alpha value is -3.28. The molecule has 4 atom stereocenters. The number of primary amides is 1. The van der Waals surface area contributed by atoms with Gasteiger partial charge in [-0.3, -0.25) is 19.3 Å². The lowest BCUT2D eigenvalue weighted by molar-refractivity contribution is -0.149. The Morgan fingerprint density at radius 2 is 1.85 bits per heavy atom. The lowest BCUT2D eigenvalue weighted by Gasteiger charge is -2.50. The van der Waals surface area contributed by atoms with E-state index in [1.165, 1.54) is 6.07 Å². The van der Waals surface area contributed by atoms with Gasteiger partial charge in [0.15, 0.2) is 11.4 Å². The van der Waals surface area contributed by atoms with Crippen LogP contribution < -0.4 is 11.1 Å². The molecule has 1 saturated heterocycles. The molecule has 0 radical (unpaired) electrons. The molecule has 5 rings (SSSR count). The zero-order chi connectivity index (χ0) is 29.3. The van der Waals surface area contributed by atoms with Crippen molar-refractivity contribution >= 4 is 17.5 Å². The van der Waals surface area contributed by atoms with Crippen molar-refractivity contribution in [2.75, 3.05) is 19.6 Å². The van der Waals surface area contributed by atoms with Gasteiger partial charge in [-0.15, -0.1) is 0 Å². The summed E-state index contributed by atoms with van der Waals surface area (Å²) in [4.78, 5) is 41.2. The number of ketones is 2. The van der Waals surface area contributed by atoms with E-state index in [0.29, 0.717) is 19.6 Å². The molecule has 0 unspecified atom stereocenters. The summed E-state index contributed by atoms with van der Waals surface area (Å²) in [6, 6.07) is 0.153. The number of fused-ring (bicyclic) bond motifs is 3. The fourth-order valence-corrected chi connectivity index (χ4v) is 6.90. The number of likely N-dealkylation sites (tertiary alicyclic amines) is 1. The largest absolute Gasteiger partial charge is 0.510 e. The van der Waals surface area contributed by atoms with Gasteiger partial charge < -0.3 is 31.5 Å². The van der Waals surface area contributed by atoms with Crippen LogP contribution in [0.3, 0.4) is 0 Å². The summed E-state index contributed by atoms with van der Waals surface area (Å²) in [7, 11) is 0. The molecule has 0 aromatic heterocycles. The number of aromatic hydroxyl groups is 1. The van der Waals surface area contributed by atoms with Gasteiger partial charge in [0.25, 0.3) is 5.91 Å². The molecule has 0 saturated carbocycles. The molecule has 1 amide bonds. The van der Waals surface area contributed by atoms with E-state index in [1.54, 1.807) is 0 Å². The van der Waals surface area contributed by atoms with Gasteiger partial charge in [0.2, 0.25) is 5.78 Å².